The second kappa shape index (κ2) is 5.10. The van der Waals surface area contributed by atoms with E-state index in [1.54, 1.807) is 4.80 Å². The van der Waals surface area contributed by atoms with Crippen LogP contribution in [0.5, 0.6) is 0 Å². The second-order valence-corrected chi connectivity index (χ2v) is 6.53. The van der Waals surface area contributed by atoms with Crippen LogP contribution < -0.4 is 4.30 Å². The number of nitrogens with zero attached hydrogens (tertiary/aromatic N) is 4. The van der Waals surface area contributed by atoms with E-state index in [4.69, 9.17) is 0 Å². The maximum Gasteiger partial charge on any atom is 0.407 e. The molecule has 6 heteroatoms. The molecule has 0 aliphatic carbocycles. The fourth-order valence-corrected chi connectivity index (χ4v) is 2.00. The van der Waals surface area contributed by atoms with Gasteiger partial charge in [0.1, 0.15) is 0 Å². The summed E-state index contributed by atoms with van der Waals surface area (Å²) in [5, 5.41) is 12.2. The summed E-state index contributed by atoms with van der Waals surface area (Å²) in [6.45, 7) is 0.662. The zero-order chi connectivity index (χ0) is 11.4. The van der Waals surface area contributed by atoms with Gasteiger partial charge in [0, 0.05) is 0 Å². The monoisotopic (exact) mass is 231 g/mol. The molecule has 0 saturated heterocycles. The minimum atomic E-state index is -0.897. The molecule has 0 radical (unpaired) electrons. The first-order valence-electron chi connectivity index (χ1n) is 5.32. The number of aromatic nitrogens is 4. The van der Waals surface area contributed by atoms with Crippen molar-refractivity contribution in [2.24, 2.45) is 0 Å². The summed E-state index contributed by atoms with van der Waals surface area (Å²) in [5.41, 5.74) is 1.17. The Morgan fingerprint density at radius 2 is 2.00 bits per heavy atom. The maximum atomic E-state index is 4.26. The lowest BCUT2D eigenvalue weighted by Crippen LogP contribution is -2.16. The number of nitrogens with one attached hydrogen (secondary N) is 1. The first-order chi connectivity index (χ1) is 7.74. The van der Waals surface area contributed by atoms with Crippen LogP contribution in [-0.4, -0.2) is 34.6 Å². The molecule has 0 saturated carbocycles. The molecule has 0 fully saturated rings. The third-order valence-electron chi connectivity index (χ3n) is 2.04. The topological polar surface area (TPSA) is 55.6 Å². The van der Waals surface area contributed by atoms with E-state index >= 15 is 0 Å². The highest BCUT2D eigenvalue weighted by Crippen LogP contribution is 2.01. The van der Waals surface area contributed by atoms with E-state index in [9.17, 15) is 0 Å². The predicted octanol–water partition coefficient (Wildman–Crippen LogP) is 1.38. The summed E-state index contributed by atoms with van der Waals surface area (Å²) in [6.07, 6.45) is 0. The van der Waals surface area contributed by atoms with Crippen LogP contribution in [0.25, 0.3) is 0 Å². The maximum absolute atomic E-state index is 4.26. The van der Waals surface area contributed by atoms with Crippen molar-refractivity contribution in [3.63, 3.8) is 0 Å². The van der Waals surface area contributed by atoms with Crippen molar-refractivity contribution < 1.29 is 0 Å². The molecular weight excluding hydrogens is 217 g/mol. The molecule has 0 aliphatic heterocycles. The van der Waals surface area contributed by atoms with Gasteiger partial charge in [-0.05, 0) is 10.8 Å². The van der Waals surface area contributed by atoms with E-state index in [-0.39, 0.29) is 0 Å². The van der Waals surface area contributed by atoms with Gasteiger partial charge in [-0.3, -0.25) is 0 Å². The van der Waals surface area contributed by atoms with Crippen molar-refractivity contribution in [1.29, 1.82) is 0 Å². The van der Waals surface area contributed by atoms with Gasteiger partial charge in [0.15, 0.2) is 0 Å². The lowest BCUT2D eigenvalue weighted by atomic mass is 10.2. The molecule has 0 atom stereocenters. The third-order valence-corrected chi connectivity index (χ3v) is 2.87. The van der Waals surface area contributed by atoms with Crippen molar-refractivity contribution in [1.82, 2.24) is 20.2 Å². The van der Waals surface area contributed by atoms with Crippen LogP contribution in [0.4, 0.5) is 5.95 Å². The number of anilines is 1. The van der Waals surface area contributed by atoms with Crippen molar-refractivity contribution in [2.45, 2.75) is 18.1 Å². The summed E-state index contributed by atoms with van der Waals surface area (Å²) in [7, 11) is 0. The Bertz CT molecular complexity index is 439. The van der Waals surface area contributed by atoms with Gasteiger partial charge < -0.3 is 4.30 Å². The molecule has 0 amide bonds. The lowest BCUT2D eigenvalue weighted by molar-refractivity contribution is 0.573. The quantitative estimate of drug-likeness (QED) is 0.808. The van der Waals surface area contributed by atoms with Crippen LogP contribution in [0.1, 0.15) is 5.56 Å². The molecule has 0 unspecified atom stereocenters. The highest BCUT2D eigenvalue weighted by Gasteiger charge is 2.07. The Kier molecular flexibility index (Phi) is 3.55. The molecule has 1 N–H and O–H groups in total. The lowest BCUT2D eigenvalue weighted by Gasteiger charge is -1.99. The van der Waals surface area contributed by atoms with E-state index in [1.165, 1.54) is 5.56 Å². The van der Waals surface area contributed by atoms with Gasteiger partial charge in [0.05, 0.1) is 6.54 Å². The van der Waals surface area contributed by atoms with Crippen LogP contribution in [-0.2, 0) is 6.54 Å². The van der Waals surface area contributed by atoms with Crippen molar-refractivity contribution in [3.05, 3.63) is 35.9 Å². The normalized spacial score (nSPS) is 10.1. The minimum Gasteiger partial charge on any atom is -0.442 e. The summed E-state index contributed by atoms with van der Waals surface area (Å²) in [4.78, 5) is 1.61. The Morgan fingerprint density at radius 3 is 2.69 bits per heavy atom. The molecule has 0 aliphatic rings. The molecule has 0 bridgehead atoms. The first-order valence-corrected chi connectivity index (χ1v) is 8.21. The summed E-state index contributed by atoms with van der Waals surface area (Å²) in [5.74, 6) is 4.99. The van der Waals surface area contributed by atoms with Crippen LogP contribution in [0, 0.1) is 0 Å². The van der Waals surface area contributed by atoms with Gasteiger partial charge in [-0.1, -0.05) is 47.0 Å². The van der Waals surface area contributed by atoms with Crippen molar-refractivity contribution in [2.75, 3.05) is 4.30 Å². The van der Waals surface area contributed by atoms with Crippen molar-refractivity contribution in [3.8, 4) is 0 Å². The molecule has 5 nitrogen and oxygen atoms in total. The van der Waals surface area contributed by atoms with Crippen LogP contribution in [0.15, 0.2) is 30.3 Å². The van der Waals surface area contributed by atoms with E-state index in [1.807, 2.05) is 30.3 Å². The zero-order valence-electron chi connectivity index (χ0n) is 9.46. The third kappa shape index (κ3) is 3.06. The summed E-state index contributed by atoms with van der Waals surface area (Å²) >= 11 is -0.897. The van der Waals surface area contributed by atoms with E-state index in [0.717, 1.165) is 0 Å². The van der Waals surface area contributed by atoms with Gasteiger partial charge in [-0.15, -0.1) is 5.10 Å². The van der Waals surface area contributed by atoms with E-state index in [0.29, 0.717) is 12.5 Å². The standard InChI is InChI=1S/C8H8N5.2CH3.Al/c9-8-10-12-13(11-8)6-7-4-2-1-3-5-7;;;/h1-5H,6H2,(H-,9,11);2*1H3;/q-1;;;+1. The number of hydrogen-bond acceptors (Lipinski definition) is 4. The molecule has 0 spiro atoms. The average Bonchev–Trinajstić information content (AvgIpc) is 2.66. The summed E-state index contributed by atoms with van der Waals surface area (Å²) < 4.78 is 3.24. The molecule has 1 heterocycles. The highest BCUT2D eigenvalue weighted by molar-refractivity contribution is 6.59. The SMILES string of the molecule is [CH3][Al]([CH3])[NH]c1nnn(Cc2ccccc2)n1. The Morgan fingerprint density at radius 1 is 1.25 bits per heavy atom. The summed E-state index contributed by atoms with van der Waals surface area (Å²) in [6, 6.07) is 10.1. The zero-order valence-corrected chi connectivity index (χ0v) is 10.6. The van der Waals surface area contributed by atoms with Gasteiger partial charge in [0.25, 0.3) is 0 Å². The van der Waals surface area contributed by atoms with Gasteiger partial charge in [0.2, 0.25) is 5.95 Å². The van der Waals surface area contributed by atoms with Crippen molar-refractivity contribution >= 4 is 20.3 Å². The predicted molar refractivity (Wildman–Crippen MR) is 64.5 cm³/mol. The molecule has 1 aromatic carbocycles. The average molecular weight is 231 g/mol. The minimum absolute atomic E-state index is 0.637. The Balaban J connectivity index is 2.03. The fraction of sp³-hybridized carbons (Fsp3) is 0.300. The van der Waals surface area contributed by atoms with Gasteiger partial charge >= 0.3 is 14.4 Å². The van der Waals surface area contributed by atoms with Crippen LogP contribution >= 0.6 is 0 Å². The van der Waals surface area contributed by atoms with Gasteiger partial charge in [-0.25, -0.2) is 0 Å². The smallest absolute Gasteiger partial charge is 0.407 e. The Hall–Kier alpha value is -1.38. The number of rotatable bonds is 4. The number of tetrazole rings is 1. The molecule has 1 aromatic heterocycles. The highest BCUT2D eigenvalue weighted by atomic mass is 27.2. The van der Waals surface area contributed by atoms with Crippen LogP contribution in [0.2, 0.25) is 11.6 Å². The number of benzene rings is 1. The molecular formula is C10H14AlN5. The Labute approximate surface area is 99.1 Å². The first kappa shape index (κ1) is 11.1. The van der Waals surface area contributed by atoms with Gasteiger partial charge in [-0.2, -0.15) is 4.80 Å². The van der Waals surface area contributed by atoms with E-state index < -0.39 is 14.4 Å². The van der Waals surface area contributed by atoms with Crippen LogP contribution in [0.3, 0.4) is 0 Å². The van der Waals surface area contributed by atoms with E-state index in [2.05, 4.69) is 31.3 Å². The second-order valence-electron chi connectivity index (χ2n) is 3.93. The molecule has 82 valence electrons. The molecule has 2 aromatic rings. The molecule has 2 rings (SSSR count). The number of hydrogen-bond donors (Lipinski definition) is 1. The molecule has 16 heavy (non-hydrogen) atoms. The largest absolute Gasteiger partial charge is 0.442 e. The fourth-order valence-electron chi connectivity index (χ4n) is 1.37.